The third-order valence-corrected chi connectivity index (χ3v) is 3.10. The van der Waals surface area contributed by atoms with Gasteiger partial charge in [0.25, 0.3) is 11.6 Å². The van der Waals surface area contributed by atoms with E-state index >= 15 is 0 Å². The van der Waals surface area contributed by atoms with Crippen LogP contribution in [0.25, 0.3) is 0 Å². The summed E-state index contributed by atoms with van der Waals surface area (Å²) in [5.74, 6) is -0.974. The number of carbonyl (C=O) groups is 2. The standard InChI is InChI=1S/C16H23N3O6/c1-11(2)9-18-15(20)10-25-16(21)13-8-12(19(22)23)4-5-14(13)17-6-7-24-3/h4-5,8,11,17H,6-7,9-10H2,1-3H3,(H,18,20). The molecule has 0 aliphatic carbocycles. The predicted octanol–water partition coefficient (Wildman–Crippen LogP) is 1.58. The molecule has 0 aliphatic heterocycles. The van der Waals surface area contributed by atoms with Gasteiger partial charge in [0.05, 0.1) is 17.1 Å². The Bertz CT molecular complexity index is 618. The van der Waals surface area contributed by atoms with Crippen molar-refractivity contribution in [3.8, 4) is 0 Å². The highest BCUT2D eigenvalue weighted by Crippen LogP contribution is 2.23. The highest BCUT2D eigenvalue weighted by Gasteiger charge is 2.19. The van der Waals surface area contributed by atoms with E-state index in [0.717, 1.165) is 6.07 Å². The number of rotatable bonds is 10. The molecule has 9 heteroatoms. The SMILES string of the molecule is COCCNc1ccc([N+](=O)[O-])cc1C(=O)OCC(=O)NCC(C)C. The number of nitro benzene ring substituents is 1. The van der Waals surface area contributed by atoms with Crippen LogP contribution in [0.1, 0.15) is 24.2 Å². The van der Waals surface area contributed by atoms with Gasteiger partial charge in [-0.15, -0.1) is 0 Å². The molecule has 1 aromatic carbocycles. The van der Waals surface area contributed by atoms with Gasteiger partial charge in [-0.3, -0.25) is 14.9 Å². The van der Waals surface area contributed by atoms with E-state index in [0.29, 0.717) is 25.4 Å². The number of anilines is 1. The van der Waals surface area contributed by atoms with E-state index in [2.05, 4.69) is 10.6 Å². The van der Waals surface area contributed by atoms with Gasteiger partial charge in [-0.2, -0.15) is 0 Å². The van der Waals surface area contributed by atoms with Crippen LogP contribution in [-0.2, 0) is 14.3 Å². The van der Waals surface area contributed by atoms with E-state index < -0.39 is 23.4 Å². The molecule has 0 heterocycles. The molecular formula is C16H23N3O6. The summed E-state index contributed by atoms with van der Waals surface area (Å²) < 4.78 is 9.87. The summed E-state index contributed by atoms with van der Waals surface area (Å²) in [6.45, 7) is 4.69. The second kappa shape index (κ2) is 10.2. The van der Waals surface area contributed by atoms with Crippen molar-refractivity contribution in [1.29, 1.82) is 0 Å². The summed E-state index contributed by atoms with van der Waals surface area (Å²) in [6.07, 6.45) is 0. The van der Waals surface area contributed by atoms with Crippen molar-refractivity contribution >= 4 is 23.3 Å². The minimum atomic E-state index is -0.816. The summed E-state index contributed by atoms with van der Waals surface area (Å²) in [5, 5.41) is 16.5. The Hall–Kier alpha value is -2.68. The van der Waals surface area contributed by atoms with E-state index in [1.54, 1.807) is 0 Å². The normalized spacial score (nSPS) is 10.4. The molecule has 0 fully saturated rings. The van der Waals surface area contributed by atoms with Crippen LogP contribution >= 0.6 is 0 Å². The average Bonchev–Trinajstić information content (AvgIpc) is 2.58. The quantitative estimate of drug-likeness (QED) is 0.283. The summed E-state index contributed by atoms with van der Waals surface area (Å²) in [6, 6.07) is 3.81. The van der Waals surface area contributed by atoms with Crippen molar-refractivity contribution in [2.45, 2.75) is 13.8 Å². The molecule has 0 aliphatic rings. The molecule has 138 valence electrons. The van der Waals surface area contributed by atoms with Crippen LogP contribution in [0, 0.1) is 16.0 Å². The summed E-state index contributed by atoms with van der Waals surface area (Å²) >= 11 is 0. The molecule has 1 amide bonds. The van der Waals surface area contributed by atoms with Crippen LogP contribution in [-0.4, -0.2) is 50.2 Å². The first-order chi connectivity index (χ1) is 11.8. The van der Waals surface area contributed by atoms with Crippen molar-refractivity contribution in [3.63, 3.8) is 0 Å². The van der Waals surface area contributed by atoms with E-state index in [4.69, 9.17) is 9.47 Å². The molecule has 1 rings (SSSR count). The maximum absolute atomic E-state index is 12.2. The van der Waals surface area contributed by atoms with Gasteiger partial charge in [-0.25, -0.2) is 4.79 Å². The van der Waals surface area contributed by atoms with E-state index in [1.807, 2.05) is 13.8 Å². The maximum atomic E-state index is 12.2. The third-order valence-electron chi connectivity index (χ3n) is 3.10. The van der Waals surface area contributed by atoms with Crippen LogP contribution < -0.4 is 10.6 Å². The fraction of sp³-hybridized carbons (Fsp3) is 0.500. The number of nitro groups is 1. The number of methoxy groups -OCH3 is 1. The maximum Gasteiger partial charge on any atom is 0.341 e. The smallest absolute Gasteiger partial charge is 0.341 e. The predicted molar refractivity (Wildman–Crippen MR) is 91.6 cm³/mol. The van der Waals surface area contributed by atoms with Gasteiger partial charge in [0.2, 0.25) is 0 Å². The van der Waals surface area contributed by atoms with Crippen LogP contribution in [0.2, 0.25) is 0 Å². The van der Waals surface area contributed by atoms with Gasteiger partial charge in [-0.1, -0.05) is 13.8 Å². The lowest BCUT2D eigenvalue weighted by atomic mass is 10.1. The number of esters is 1. The van der Waals surface area contributed by atoms with Crippen molar-refractivity contribution in [1.82, 2.24) is 5.32 Å². The van der Waals surface area contributed by atoms with Gasteiger partial charge in [0.1, 0.15) is 0 Å². The molecule has 0 unspecified atom stereocenters. The Morgan fingerprint density at radius 2 is 2.04 bits per heavy atom. The first kappa shape index (κ1) is 20.4. The zero-order chi connectivity index (χ0) is 18.8. The van der Waals surface area contributed by atoms with E-state index in [9.17, 15) is 19.7 Å². The molecule has 0 saturated carbocycles. The van der Waals surface area contributed by atoms with Crippen molar-refractivity contribution < 1.29 is 24.0 Å². The van der Waals surface area contributed by atoms with Crippen LogP contribution in [0.5, 0.6) is 0 Å². The van der Waals surface area contributed by atoms with E-state index in [-0.39, 0.29) is 17.2 Å². The molecule has 2 N–H and O–H groups in total. The lowest BCUT2D eigenvalue weighted by molar-refractivity contribution is -0.384. The Kier molecular flexibility index (Phi) is 8.34. The highest BCUT2D eigenvalue weighted by atomic mass is 16.6. The molecule has 9 nitrogen and oxygen atoms in total. The lowest BCUT2D eigenvalue weighted by Gasteiger charge is -2.12. The number of amides is 1. The summed E-state index contributed by atoms with van der Waals surface area (Å²) in [4.78, 5) is 34.2. The number of non-ortho nitro benzene ring substituents is 1. The lowest BCUT2D eigenvalue weighted by Crippen LogP contribution is -2.31. The number of nitrogens with one attached hydrogen (secondary N) is 2. The van der Waals surface area contributed by atoms with Gasteiger partial charge >= 0.3 is 5.97 Å². The fourth-order valence-corrected chi connectivity index (χ4v) is 1.83. The largest absolute Gasteiger partial charge is 0.452 e. The molecule has 0 atom stereocenters. The molecule has 0 spiro atoms. The van der Waals surface area contributed by atoms with Crippen LogP contribution in [0.4, 0.5) is 11.4 Å². The molecule has 0 bridgehead atoms. The molecule has 0 aromatic heterocycles. The topological polar surface area (TPSA) is 120 Å². The van der Waals surface area contributed by atoms with Gasteiger partial charge in [0.15, 0.2) is 6.61 Å². The van der Waals surface area contributed by atoms with Gasteiger partial charge in [0, 0.05) is 38.0 Å². The minimum Gasteiger partial charge on any atom is -0.452 e. The van der Waals surface area contributed by atoms with Crippen molar-refractivity contribution in [2.24, 2.45) is 5.92 Å². The number of ether oxygens (including phenoxy) is 2. The fourth-order valence-electron chi connectivity index (χ4n) is 1.83. The Balaban J connectivity index is 2.80. The number of carbonyl (C=O) groups excluding carboxylic acids is 2. The molecule has 1 aromatic rings. The van der Waals surface area contributed by atoms with Gasteiger partial charge in [-0.05, 0) is 12.0 Å². The molecule has 25 heavy (non-hydrogen) atoms. The number of benzene rings is 1. The third kappa shape index (κ3) is 7.17. The number of nitrogens with zero attached hydrogens (tertiary/aromatic N) is 1. The Morgan fingerprint density at radius 3 is 2.64 bits per heavy atom. The van der Waals surface area contributed by atoms with Crippen LogP contribution in [0.3, 0.4) is 0 Å². The van der Waals surface area contributed by atoms with E-state index in [1.165, 1.54) is 19.2 Å². The monoisotopic (exact) mass is 353 g/mol. The van der Waals surface area contributed by atoms with Gasteiger partial charge < -0.3 is 20.1 Å². The van der Waals surface area contributed by atoms with Crippen molar-refractivity contribution in [3.05, 3.63) is 33.9 Å². The number of hydrogen-bond acceptors (Lipinski definition) is 7. The zero-order valence-corrected chi connectivity index (χ0v) is 14.5. The highest BCUT2D eigenvalue weighted by molar-refractivity contribution is 5.97. The molecule has 0 saturated heterocycles. The molecule has 0 radical (unpaired) electrons. The first-order valence-corrected chi connectivity index (χ1v) is 7.80. The van der Waals surface area contributed by atoms with Crippen LogP contribution in [0.15, 0.2) is 18.2 Å². The Labute approximate surface area is 145 Å². The minimum absolute atomic E-state index is 0.0121. The first-order valence-electron chi connectivity index (χ1n) is 7.80. The summed E-state index contributed by atoms with van der Waals surface area (Å²) in [5.41, 5.74) is 0.116. The van der Waals surface area contributed by atoms with Crippen molar-refractivity contribution in [2.75, 3.05) is 38.7 Å². The zero-order valence-electron chi connectivity index (χ0n) is 14.5. The summed E-state index contributed by atoms with van der Waals surface area (Å²) in [7, 11) is 1.53. The number of hydrogen-bond donors (Lipinski definition) is 2. The Morgan fingerprint density at radius 1 is 1.32 bits per heavy atom. The molecular weight excluding hydrogens is 330 g/mol. The second-order valence-electron chi connectivity index (χ2n) is 5.68. The average molecular weight is 353 g/mol. The second-order valence-corrected chi connectivity index (χ2v) is 5.68.